The number of nitrogens with zero attached hydrogens (tertiary/aromatic N) is 1. The molecule has 1 fully saturated rings. The predicted octanol–water partition coefficient (Wildman–Crippen LogP) is 6.06. The summed E-state index contributed by atoms with van der Waals surface area (Å²) in [5, 5.41) is 15.2. The Morgan fingerprint density at radius 3 is 2.63 bits per heavy atom. The summed E-state index contributed by atoms with van der Waals surface area (Å²) in [6.07, 6.45) is 8.70. The van der Waals surface area contributed by atoms with Crippen LogP contribution in [-0.4, -0.2) is 18.7 Å². The fourth-order valence-electron chi connectivity index (χ4n) is 5.34. The van der Waals surface area contributed by atoms with E-state index in [9.17, 15) is 18.3 Å². The largest absolute Gasteiger partial charge is 0.507 e. The van der Waals surface area contributed by atoms with Crippen molar-refractivity contribution in [2.24, 2.45) is 5.92 Å². The van der Waals surface area contributed by atoms with Gasteiger partial charge in [0, 0.05) is 29.7 Å². The Kier molecular flexibility index (Phi) is 6.61. The van der Waals surface area contributed by atoms with Crippen LogP contribution in [0.25, 0.3) is 10.6 Å². The minimum atomic E-state index is -3.85. The molecule has 0 radical (unpaired) electrons. The van der Waals surface area contributed by atoms with Crippen molar-refractivity contribution in [1.82, 2.24) is 5.16 Å². The zero-order valence-electron chi connectivity index (χ0n) is 20.7. The van der Waals surface area contributed by atoms with Gasteiger partial charge in [-0.05, 0) is 67.9 Å². The molecule has 8 nitrogen and oxygen atoms in total. The van der Waals surface area contributed by atoms with Crippen LogP contribution in [-0.2, 0) is 22.9 Å². The van der Waals surface area contributed by atoms with Gasteiger partial charge < -0.3 is 14.0 Å². The summed E-state index contributed by atoms with van der Waals surface area (Å²) in [5.74, 6) is 0.476. The first-order valence-electron chi connectivity index (χ1n) is 12.9. The number of sulfonamides is 1. The number of rotatable bonds is 7. The van der Waals surface area contributed by atoms with Crippen molar-refractivity contribution in [3.63, 3.8) is 0 Å². The number of aryl methyl sites for hydroxylation is 1. The van der Waals surface area contributed by atoms with E-state index >= 15 is 0 Å². The van der Waals surface area contributed by atoms with Crippen LogP contribution >= 0.6 is 11.3 Å². The lowest BCUT2D eigenvalue weighted by Gasteiger charge is -2.22. The normalized spacial score (nSPS) is 16.8. The molecule has 2 N–H and O–H groups in total. The molecular weight excluding hydrogens is 524 g/mol. The smallest absolute Gasteiger partial charge is 0.343 e. The topological polar surface area (TPSA) is 123 Å². The van der Waals surface area contributed by atoms with Crippen molar-refractivity contribution in [2.75, 3.05) is 4.72 Å². The number of aromatic hydroxyl groups is 1. The van der Waals surface area contributed by atoms with Crippen LogP contribution in [0, 0.1) is 5.92 Å². The number of benzene rings is 1. The summed E-state index contributed by atoms with van der Waals surface area (Å²) in [7, 11) is -3.85. The van der Waals surface area contributed by atoms with Crippen LogP contribution < -0.4 is 10.3 Å². The van der Waals surface area contributed by atoms with Gasteiger partial charge in [0.25, 0.3) is 10.0 Å². The lowest BCUT2D eigenvalue weighted by Crippen LogP contribution is -2.19. The molecule has 1 unspecified atom stereocenters. The minimum absolute atomic E-state index is 0.0556. The van der Waals surface area contributed by atoms with Crippen LogP contribution in [0.15, 0.2) is 66.7 Å². The maximum Gasteiger partial charge on any atom is 0.343 e. The van der Waals surface area contributed by atoms with Crippen molar-refractivity contribution in [3.05, 3.63) is 81.6 Å². The highest BCUT2D eigenvalue weighted by Crippen LogP contribution is 2.49. The van der Waals surface area contributed by atoms with Gasteiger partial charge in [0.15, 0.2) is 0 Å². The second-order valence-electron chi connectivity index (χ2n) is 10.0. The first kappa shape index (κ1) is 24.9. The van der Waals surface area contributed by atoms with Crippen LogP contribution in [0.3, 0.4) is 0 Å². The third-order valence-corrected chi connectivity index (χ3v) is 10.3. The molecule has 6 rings (SSSR count). The Morgan fingerprint density at radius 2 is 1.87 bits per heavy atom. The summed E-state index contributed by atoms with van der Waals surface area (Å²) in [6.45, 7) is 0. The first-order chi connectivity index (χ1) is 18.4. The maximum absolute atomic E-state index is 13.2. The van der Waals surface area contributed by atoms with Crippen LogP contribution in [0.2, 0.25) is 0 Å². The highest BCUT2D eigenvalue weighted by molar-refractivity contribution is 7.94. The number of anilines is 1. The zero-order valence-corrected chi connectivity index (χ0v) is 22.3. The number of hydrogen-bond acceptors (Lipinski definition) is 8. The van der Waals surface area contributed by atoms with Gasteiger partial charge in [-0.15, -0.1) is 11.3 Å². The molecular formula is C28H28N2O6S2. The van der Waals surface area contributed by atoms with Crippen LogP contribution in [0.4, 0.5) is 5.69 Å². The van der Waals surface area contributed by atoms with E-state index in [0.29, 0.717) is 40.4 Å². The number of fused-ring (bicyclic) bond motifs is 1. The Bertz CT molecular complexity index is 1620. The lowest BCUT2D eigenvalue weighted by atomic mass is 9.85. The third kappa shape index (κ3) is 4.90. The molecule has 3 heterocycles. The van der Waals surface area contributed by atoms with E-state index in [1.165, 1.54) is 12.3 Å². The first-order valence-corrected chi connectivity index (χ1v) is 15.2. The standard InChI is InChI=1S/C28H28N2O6S2/c31-27-20-8-3-1-2-4-9-22(20)36-28(32)26(27)25(17-10-11-17)18-6-5-7-19(16-18)30-38(33,34)24-13-12-23(37-24)21-14-15-35-29-21/h5-7,12-17,25,30-31H,1-4,8-11H2. The van der Waals surface area contributed by atoms with E-state index in [1.54, 1.807) is 30.3 Å². The Balaban J connectivity index is 1.33. The second-order valence-corrected chi connectivity index (χ2v) is 13.0. The molecule has 38 heavy (non-hydrogen) atoms. The zero-order chi connectivity index (χ0) is 26.3. The van der Waals surface area contributed by atoms with Crippen LogP contribution in [0.5, 0.6) is 5.75 Å². The monoisotopic (exact) mass is 552 g/mol. The summed E-state index contributed by atoms with van der Waals surface area (Å²) >= 11 is 1.10. The van der Waals surface area contributed by atoms with Gasteiger partial charge in [0.2, 0.25) is 0 Å². The maximum atomic E-state index is 13.2. The summed E-state index contributed by atoms with van der Waals surface area (Å²) in [4.78, 5) is 13.9. The SMILES string of the molecule is O=c1oc2c(c(O)c1C(c1cccc(NS(=O)(=O)c3ccc(-c4ccon4)s3)c1)C1CC1)CCCCCC2. The van der Waals surface area contributed by atoms with E-state index in [0.717, 1.165) is 61.0 Å². The van der Waals surface area contributed by atoms with Crippen molar-refractivity contribution in [3.8, 4) is 16.3 Å². The van der Waals surface area contributed by atoms with Crippen molar-refractivity contribution in [2.45, 2.75) is 61.5 Å². The molecule has 0 bridgehead atoms. The molecule has 0 saturated heterocycles. The third-order valence-electron chi connectivity index (χ3n) is 7.33. The average molecular weight is 553 g/mol. The van der Waals surface area contributed by atoms with Crippen molar-refractivity contribution >= 4 is 27.0 Å². The van der Waals surface area contributed by atoms with Crippen LogP contribution in [0.1, 0.15) is 66.9 Å². The van der Waals surface area contributed by atoms with Gasteiger partial charge in [0.1, 0.15) is 27.7 Å². The van der Waals surface area contributed by atoms with Gasteiger partial charge in [-0.1, -0.05) is 30.1 Å². The summed E-state index contributed by atoms with van der Waals surface area (Å²) < 4.78 is 39.8. The number of nitrogens with one attached hydrogen (secondary N) is 1. The van der Waals surface area contributed by atoms with E-state index in [-0.39, 0.29) is 21.8 Å². The summed E-state index contributed by atoms with van der Waals surface area (Å²) in [6, 6.07) is 12.0. The molecule has 3 aromatic heterocycles. The Hall–Kier alpha value is -3.37. The highest BCUT2D eigenvalue weighted by atomic mass is 32.2. The summed E-state index contributed by atoms with van der Waals surface area (Å²) in [5.41, 5.74) is 2.28. The van der Waals surface area contributed by atoms with Crippen molar-refractivity contribution in [1.29, 1.82) is 0 Å². The van der Waals surface area contributed by atoms with Crippen molar-refractivity contribution < 1.29 is 22.5 Å². The molecule has 4 aromatic rings. The molecule has 0 aliphatic heterocycles. The van der Waals surface area contributed by atoms with Gasteiger partial charge in [-0.25, -0.2) is 13.2 Å². The van der Waals surface area contributed by atoms with E-state index in [1.807, 2.05) is 6.07 Å². The fraction of sp³-hybridized carbons (Fsp3) is 0.357. The highest BCUT2D eigenvalue weighted by Gasteiger charge is 2.38. The lowest BCUT2D eigenvalue weighted by molar-refractivity contribution is 0.382. The minimum Gasteiger partial charge on any atom is -0.507 e. The quantitative estimate of drug-likeness (QED) is 0.286. The average Bonchev–Trinajstić information content (AvgIpc) is 3.33. The predicted molar refractivity (Wildman–Crippen MR) is 144 cm³/mol. The van der Waals surface area contributed by atoms with Gasteiger partial charge in [0.05, 0.1) is 10.4 Å². The molecule has 2 aliphatic rings. The van der Waals surface area contributed by atoms with E-state index < -0.39 is 15.6 Å². The molecule has 1 aromatic carbocycles. The van der Waals surface area contributed by atoms with Gasteiger partial charge in [-0.3, -0.25) is 4.72 Å². The molecule has 0 spiro atoms. The van der Waals surface area contributed by atoms with E-state index in [2.05, 4.69) is 9.88 Å². The molecule has 198 valence electrons. The molecule has 10 heteroatoms. The second kappa shape index (κ2) is 10.1. The molecule has 1 saturated carbocycles. The van der Waals surface area contributed by atoms with Gasteiger partial charge >= 0.3 is 5.63 Å². The molecule has 2 aliphatic carbocycles. The Morgan fingerprint density at radius 1 is 1.05 bits per heavy atom. The van der Waals surface area contributed by atoms with Gasteiger partial charge in [-0.2, -0.15) is 0 Å². The molecule has 0 amide bonds. The number of thiophene rings is 1. The fourth-order valence-corrected chi connectivity index (χ4v) is 7.66. The molecule has 1 atom stereocenters. The Labute approximate surface area is 224 Å². The number of hydrogen-bond donors (Lipinski definition) is 2. The number of aromatic nitrogens is 1. The van der Waals surface area contributed by atoms with E-state index in [4.69, 9.17) is 8.94 Å².